The molecule has 43 heteroatoms. The maximum Gasteiger partial charge on any atom is 0.446 e. The standard InChI is InChI=1S/C65H78O36S7/c1-36(2)11-9-12-37(3)45-17-18-46-44-16-15-40-31-41(21-23-64(40,4)47(44)22-24-65(45,46)5)89-25-7-6-8-26-90-50-29-38(13-19-48(50)97-104(74,75)76)60-62(100-107(83,84)85)58(66)56-52(32-42(34-54(56)93-60)95-102(68,69)70)91-27-10-28-92-53-33-43(96-103(71,72)73)35-55-57(53)59(67)63(101-108(86,87)88)61(94-55)39-14-20-49(98-105(77,78)79)51(30-39)99-106(80,81)82/h13-15,19-20,29-30,32-37,41,44-47H,6-12,16-18,21-28,31H2,1-5H3,(H,68,69,70)(H,71,72,73)(H,74,75,76)(H,77,78,79)(H,80,81,82)(H,83,84,85)(H,86,87,88)/t37-,41+,44+,45-,46+,47+,64+,65-/m1/s1. The molecule has 7 N–H and O–H groups in total. The van der Waals surface area contributed by atoms with Crippen LogP contribution in [-0.4, -0.2) is 123 Å². The smallest absolute Gasteiger partial charge is 0.446 e. The Hall–Kier alpha value is -7.63. The molecule has 3 fully saturated rings. The molecule has 4 aliphatic carbocycles. The summed E-state index contributed by atoms with van der Waals surface area (Å²) in [7, 11) is -38.8. The number of rotatable bonds is 35. The van der Waals surface area contributed by atoms with Gasteiger partial charge in [-0.1, -0.05) is 65.5 Å². The molecule has 108 heavy (non-hydrogen) atoms. The van der Waals surface area contributed by atoms with Crippen molar-refractivity contribution >= 4 is 94.7 Å². The van der Waals surface area contributed by atoms with Gasteiger partial charge in [0.2, 0.25) is 22.4 Å². The second-order valence-electron chi connectivity index (χ2n) is 27.7. The van der Waals surface area contributed by atoms with E-state index >= 15 is 0 Å². The Morgan fingerprint density at radius 2 is 0.926 bits per heavy atom. The van der Waals surface area contributed by atoms with Crippen molar-refractivity contribution in [2.45, 2.75) is 137 Å². The van der Waals surface area contributed by atoms with E-state index in [1.165, 1.54) is 50.5 Å². The van der Waals surface area contributed by atoms with E-state index in [4.69, 9.17) is 36.1 Å². The molecular formula is C65H78O36S7. The zero-order valence-corrected chi connectivity index (χ0v) is 63.9. The second-order valence-corrected chi connectivity index (χ2v) is 34.8. The highest BCUT2D eigenvalue weighted by molar-refractivity contribution is 7.82. The molecule has 0 unspecified atom stereocenters. The predicted molar refractivity (Wildman–Crippen MR) is 379 cm³/mol. The Labute approximate surface area is 621 Å². The molecule has 0 spiro atoms. The Bertz CT molecular complexity index is 5430. The monoisotopic (exact) mass is 1660 g/mol. The molecule has 596 valence electrons. The van der Waals surface area contributed by atoms with Crippen LogP contribution in [-0.2, 0) is 77.5 Å². The van der Waals surface area contributed by atoms with Crippen molar-refractivity contribution in [1.82, 2.24) is 0 Å². The Morgan fingerprint density at radius 1 is 0.463 bits per heavy atom. The number of fused-ring (bicyclic) bond motifs is 7. The molecule has 4 aromatic carbocycles. The lowest BCUT2D eigenvalue weighted by atomic mass is 9.47. The molecule has 2 aromatic heterocycles. The second kappa shape index (κ2) is 32.0. The fraction of sp³-hybridized carbons (Fsp3) is 0.508. The minimum absolute atomic E-state index is 0.0385. The van der Waals surface area contributed by atoms with E-state index in [1.54, 1.807) is 0 Å². The quantitative estimate of drug-likeness (QED) is 0.0110. The number of benzene rings is 4. The summed E-state index contributed by atoms with van der Waals surface area (Å²) in [5.74, 6) is -7.72. The highest BCUT2D eigenvalue weighted by Crippen LogP contribution is 2.67. The van der Waals surface area contributed by atoms with E-state index < -0.39 is 205 Å². The fourth-order valence-electron chi connectivity index (χ4n) is 15.8. The first-order valence-electron chi connectivity index (χ1n) is 33.6. The van der Waals surface area contributed by atoms with Gasteiger partial charge in [0.05, 0.1) is 25.9 Å². The summed E-state index contributed by atoms with van der Waals surface area (Å²) in [5.41, 5.74) is -4.00. The Balaban J connectivity index is 0.855. The molecule has 0 saturated heterocycles. The first-order chi connectivity index (χ1) is 50.1. The van der Waals surface area contributed by atoms with Crippen molar-refractivity contribution in [3.63, 3.8) is 0 Å². The van der Waals surface area contributed by atoms with E-state index in [1.807, 2.05) is 0 Å². The van der Waals surface area contributed by atoms with Crippen LogP contribution in [0.15, 0.2) is 90.7 Å². The fourth-order valence-corrected chi connectivity index (χ4v) is 18.3. The first-order valence-corrected chi connectivity index (χ1v) is 43.1. The van der Waals surface area contributed by atoms with Crippen molar-refractivity contribution in [2.75, 3.05) is 26.4 Å². The molecule has 0 aliphatic heterocycles. The van der Waals surface area contributed by atoms with Crippen LogP contribution in [0.1, 0.15) is 131 Å². The van der Waals surface area contributed by atoms with E-state index in [0.29, 0.717) is 85.6 Å². The molecule has 0 bridgehead atoms. The molecule has 36 nitrogen and oxygen atoms in total. The highest BCUT2D eigenvalue weighted by atomic mass is 32.3. The normalized spacial score (nSPS) is 21.6. The lowest BCUT2D eigenvalue weighted by molar-refractivity contribution is -0.0641. The van der Waals surface area contributed by atoms with E-state index in [0.717, 1.165) is 67.6 Å². The number of ether oxygens (including phenoxy) is 4. The molecule has 4 aliphatic rings. The van der Waals surface area contributed by atoms with Gasteiger partial charge in [0.25, 0.3) is 0 Å². The maximum absolute atomic E-state index is 14.6. The van der Waals surface area contributed by atoms with Gasteiger partial charge in [-0.3, -0.25) is 41.5 Å². The molecular weight excluding hydrogens is 1580 g/mol. The van der Waals surface area contributed by atoms with Crippen molar-refractivity contribution in [3.8, 4) is 80.1 Å². The van der Waals surface area contributed by atoms with Crippen LogP contribution in [0.4, 0.5) is 0 Å². The number of unbranched alkanes of at least 4 members (excludes halogenated alkanes) is 2. The van der Waals surface area contributed by atoms with Crippen LogP contribution < -0.4 is 54.3 Å². The van der Waals surface area contributed by atoms with Gasteiger partial charge in [0.1, 0.15) is 33.4 Å². The Kier molecular flexibility index (Phi) is 24.5. The summed E-state index contributed by atoms with van der Waals surface area (Å²) in [6.07, 6.45) is 16.5. The van der Waals surface area contributed by atoms with Gasteiger partial charge in [-0.2, -0.15) is 58.9 Å². The molecule has 3 saturated carbocycles. The lowest BCUT2D eigenvalue weighted by Gasteiger charge is -2.58. The van der Waals surface area contributed by atoms with Gasteiger partial charge < -0.3 is 57.1 Å². The van der Waals surface area contributed by atoms with Crippen molar-refractivity contribution < 1.29 is 148 Å². The third kappa shape index (κ3) is 20.9. The SMILES string of the molecule is CC(C)CCC[C@@H](C)[C@H]1CC[C@H]2[C@@H]3CC=C4C[C@@H](OCCCCCOc5cc(-c6oc7cc(OS(=O)(=O)O)cc(OCCCOc8cc(OS(=O)(=O)O)cc9oc(-c%10ccc(OS(=O)(=O)O)c(OS(=O)(=O)O)c%10)c(OS(=O)(=O)O)c(=O)c89)c7c(=O)c6OS(=O)(=O)O)ccc5OS(=O)(=O)O)CC[C@]4(C)[C@H]3CC[C@]12C. The van der Waals surface area contributed by atoms with Crippen molar-refractivity contribution in [1.29, 1.82) is 0 Å². The van der Waals surface area contributed by atoms with Crippen LogP contribution in [0.5, 0.6) is 57.5 Å². The lowest BCUT2D eigenvalue weighted by Crippen LogP contribution is -2.51. The van der Waals surface area contributed by atoms with Gasteiger partial charge >= 0.3 is 72.8 Å². The average Bonchev–Trinajstić information content (AvgIpc) is 1.53. The molecule has 8 atom stereocenters. The maximum atomic E-state index is 14.6. The summed E-state index contributed by atoms with van der Waals surface area (Å²) in [6.45, 7) is 10.9. The van der Waals surface area contributed by atoms with Crippen LogP contribution in [0.2, 0.25) is 0 Å². The molecule has 0 radical (unpaired) electrons. The Morgan fingerprint density at radius 3 is 1.43 bits per heavy atom. The summed E-state index contributed by atoms with van der Waals surface area (Å²) in [5, 5.41) is -1.74. The summed E-state index contributed by atoms with van der Waals surface area (Å²) in [6, 6.07) is 6.81. The van der Waals surface area contributed by atoms with Gasteiger partial charge in [-0.05, 0) is 153 Å². The first kappa shape index (κ1) is 82.9. The number of hydrogen-bond donors (Lipinski definition) is 7. The van der Waals surface area contributed by atoms with Crippen LogP contribution in [0.25, 0.3) is 44.6 Å². The molecule has 10 rings (SSSR count). The average molecular weight is 1660 g/mol. The molecule has 6 aromatic rings. The van der Waals surface area contributed by atoms with E-state index in [9.17, 15) is 100 Å². The summed E-state index contributed by atoms with van der Waals surface area (Å²) < 4.78 is 302. The van der Waals surface area contributed by atoms with Crippen molar-refractivity contribution in [2.24, 2.45) is 46.3 Å². The van der Waals surface area contributed by atoms with Gasteiger partial charge in [-0.25, -0.2) is 0 Å². The van der Waals surface area contributed by atoms with Crippen LogP contribution in [0.3, 0.4) is 0 Å². The minimum atomic E-state index is -5.79. The van der Waals surface area contributed by atoms with Gasteiger partial charge in [0, 0.05) is 48.4 Å². The molecule has 2 heterocycles. The van der Waals surface area contributed by atoms with E-state index in [2.05, 4.69) is 61.6 Å². The van der Waals surface area contributed by atoms with Crippen LogP contribution in [0, 0.1) is 46.3 Å². The molecule has 0 amide bonds. The number of allylic oxidation sites excluding steroid dienone is 1. The predicted octanol–water partition coefficient (Wildman–Crippen LogP) is 10.3. The topological polar surface area (TPSA) is 543 Å². The minimum Gasteiger partial charge on any atom is -0.492 e. The third-order valence-electron chi connectivity index (χ3n) is 20.0. The summed E-state index contributed by atoms with van der Waals surface area (Å²) in [4.78, 5) is 28.9. The van der Waals surface area contributed by atoms with E-state index in [-0.39, 0.29) is 18.1 Å². The van der Waals surface area contributed by atoms with Crippen molar-refractivity contribution in [3.05, 3.63) is 92.8 Å². The largest absolute Gasteiger partial charge is 0.492 e. The van der Waals surface area contributed by atoms with Gasteiger partial charge in [0.15, 0.2) is 46.0 Å². The van der Waals surface area contributed by atoms with Gasteiger partial charge in [-0.15, -0.1) is 0 Å². The van der Waals surface area contributed by atoms with Crippen LogP contribution >= 0.6 is 0 Å². The zero-order valence-electron chi connectivity index (χ0n) is 58.2. The summed E-state index contributed by atoms with van der Waals surface area (Å²) >= 11 is 0. The highest BCUT2D eigenvalue weighted by Gasteiger charge is 2.59. The zero-order chi connectivity index (χ0) is 79.1. The number of hydrogen-bond acceptors (Lipinski definition) is 29. The third-order valence-corrected chi connectivity index (χ3v) is 22.8.